The van der Waals surface area contributed by atoms with E-state index >= 15 is 0 Å². The van der Waals surface area contributed by atoms with Crippen molar-refractivity contribution in [2.24, 2.45) is 0 Å². The van der Waals surface area contributed by atoms with Gasteiger partial charge in [0.2, 0.25) is 0 Å². The molecule has 2 aromatic carbocycles. The Balaban J connectivity index is 2.46. The van der Waals surface area contributed by atoms with Crippen molar-refractivity contribution in [1.82, 2.24) is 4.90 Å². The fraction of sp³-hybridized carbons (Fsp3) is 0.267. The van der Waals surface area contributed by atoms with Gasteiger partial charge in [-0.25, -0.2) is 4.39 Å². The van der Waals surface area contributed by atoms with Gasteiger partial charge in [-0.2, -0.15) is 0 Å². The normalized spacial score (nSPS) is 10.8. The predicted molar refractivity (Wildman–Crippen MR) is 81.2 cm³/mol. The summed E-state index contributed by atoms with van der Waals surface area (Å²) in [6.45, 7) is 0.831. The monoisotopic (exact) mass is 313 g/mol. The molecule has 2 rings (SSSR count). The number of nitrogens with zero attached hydrogens (tertiary/aromatic N) is 1. The van der Waals surface area contributed by atoms with E-state index in [1.165, 1.54) is 12.1 Å². The molecule has 5 heteroatoms. The van der Waals surface area contributed by atoms with Gasteiger partial charge in [-0.05, 0) is 17.5 Å². The van der Waals surface area contributed by atoms with Gasteiger partial charge in [-0.15, -0.1) is 23.2 Å². The summed E-state index contributed by atoms with van der Waals surface area (Å²) in [5.74, 6) is 0.157. The van der Waals surface area contributed by atoms with Crippen LogP contribution in [0.25, 0.3) is 10.8 Å². The molecule has 1 amide bonds. The molecular formula is C15H14Cl2FNO. The highest BCUT2D eigenvalue weighted by molar-refractivity contribution is 6.19. The van der Waals surface area contributed by atoms with Crippen LogP contribution in [0.15, 0.2) is 36.4 Å². The van der Waals surface area contributed by atoms with Gasteiger partial charge in [-0.3, -0.25) is 4.79 Å². The second-order valence-electron chi connectivity index (χ2n) is 4.31. The Kier molecular flexibility index (Phi) is 5.21. The van der Waals surface area contributed by atoms with Gasteiger partial charge in [0.25, 0.3) is 5.91 Å². The Morgan fingerprint density at radius 1 is 1.00 bits per heavy atom. The van der Waals surface area contributed by atoms with E-state index in [0.717, 1.165) is 0 Å². The Bertz CT molecular complexity index is 612. The molecule has 0 aromatic heterocycles. The Morgan fingerprint density at radius 3 is 2.20 bits per heavy atom. The van der Waals surface area contributed by atoms with Crippen LogP contribution in [0, 0.1) is 5.82 Å². The lowest BCUT2D eigenvalue weighted by Gasteiger charge is -2.21. The fourth-order valence-corrected chi connectivity index (χ4v) is 2.55. The van der Waals surface area contributed by atoms with Crippen LogP contribution in [-0.4, -0.2) is 35.7 Å². The first-order valence-corrected chi connectivity index (χ1v) is 7.34. The fourth-order valence-electron chi connectivity index (χ4n) is 2.14. The third-order valence-electron chi connectivity index (χ3n) is 3.10. The molecule has 0 aliphatic heterocycles. The van der Waals surface area contributed by atoms with Gasteiger partial charge < -0.3 is 4.90 Å². The summed E-state index contributed by atoms with van der Waals surface area (Å²) >= 11 is 11.4. The number of hydrogen-bond acceptors (Lipinski definition) is 1. The van der Waals surface area contributed by atoms with Crippen molar-refractivity contribution in [2.75, 3.05) is 24.8 Å². The maximum Gasteiger partial charge on any atom is 0.254 e. The highest BCUT2D eigenvalue weighted by Crippen LogP contribution is 2.23. The minimum atomic E-state index is -0.335. The number of hydrogen-bond donors (Lipinski definition) is 0. The van der Waals surface area contributed by atoms with Crippen molar-refractivity contribution < 1.29 is 9.18 Å². The summed E-state index contributed by atoms with van der Waals surface area (Å²) in [5, 5.41) is 1.04. The largest absolute Gasteiger partial charge is 0.336 e. The summed E-state index contributed by atoms with van der Waals surface area (Å²) in [5.41, 5.74) is 0.470. The third-order valence-corrected chi connectivity index (χ3v) is 3.44. The number of carbonyl (C=O) groups excluding carboxylic acids is 1. The summed E-state index contributed by atoms with van der Waals surface area (Å²) < 4.78 is 13.8. The zero-order chi connectivity index (χ0) is 14.5. The first-order chi connectivity index (χ1) is 9.69. The minimum absolute atomic E-state index is 0.178. The zero-order valence-corrected chi connectivity index (χ0v) is 12.3. The molecular weight excluding hydrogens is 300 g/mol. The number of fused-ring (bicyclic) bond motifs is 1. The molecule has 0 unspecified atom stereocenters. The molecule has 0 N–H and O–H groups in total. The lowest BCUT2D eigenvalue weighted by Crippen LogP contribution is -2.34. The number of rotatable bonds is 5. The average molecular weight is 314 g/mol. The highest BCUT2D eigenvalue weighted by Gasteiger charge is 2.18. The molecule has 0 aliphatic carbocycles. The molecule has 0 aliphatic rings. The average Bonchev–Trinajstić information content (AvgIpc) is 2.47. The van der Waals surface area contributed by atoms with E-state index in [9.17, 15) is 9.18 Å². The van der Waals surface area contributed by atoms with Gasteiger partial charge in [0.15, 0.2) is 0 Å². The topological polar surface area (TPSA) is 20.3 Å². The first-order valence-electron chi connectivity index (χ1n) is 6.27. The van der Waals surface area contributed by atoms with Crippen LogP contribution < -0.4 is 0 Å². The van der Waals surface area contributed by atoms with E-state index < -0.39 is 0 Å². The van der Waals surface area contributed by atoms with E-state index in [2.05, 4.69) is 0 Å². The first kappa shape index (κ1) is 15.1. The molecule has 0 bridgehead atoms. The quantitative estimate of drug-likeness (QED) is 0.767. The van der Waals surface area contributed by atoms with Gasteiger partial charge >= 0.3 is 0 Å². The minimum Gasteiger partial charge on any atom is -0.336 e. The number of alkyl halides is 2. The molecule has 2 aromatic rings. The van der Waals surface area contributed by atoms with Crippen LogP contribution >= 0.6 is 23.2 Å². The Labute approximate surface area is 127 Å². The number of benzene rings is 2. The van der Waals surface area contributed by atoms with E-state index in [1.807, 2.05) is 0 Å². The third kappa shape index (κ3) is 3.05. The maximum atomic E-state index is 13.8. The number of halogens is 3. The Hall–Kier alpha value is -1.32. The molecule has 0 atom stereocenters. The van der Waals surface area contributed by atoms with E-state index in [4.69, 9.17) is 23.2 Å². The van der Waals surface area contributed by atoms with Crippen molar-refractivity contribution in [2.45, 2.75) is 0 Å². The molecule has 0 spiro atoms. The number of amides is 1. The van der Waals surface area contributed by atoms with Crippen molar-refractivity contribution in [3.63, 3.8) is 0 Å². The van der Waals surface area contributed by atoms with Crippen LogP contribution in [0.2, 0.25) is 0 Å². The van der Waals surface area contributed by atoms with E-state index in [1.54, 1.807) is 29.2 Å². The summed E-state index contributed by atoms with van der Waals surface area (Å²) in [7, 11) is 0. The molecule has 2 nitrogen and oxygen atoms in total. The van der Waals surface area contributed by atoms with E-state index in [-0.39, 0.29) is 11.7 Å². The van der Waals surface area contributed by atoms with Gasteiger partial charge in [-0.1, -0.05) is 24.3 Å². The summed E-state index contributed by atoms with van der Waals surface area (Å²) in [4.78, 5) is 14.1. The van der Waals surface area contributed by atoms with Crippen LogP contribution in [0.5, 0.6) is 0 Å². The van der Waals surface area contributed by atoms with Gasteiger partial charge in [0, 0.05) is 35.8 Å². The smallest absolute Gasteiger partial charge is 0.254 e. The molecule has 0 radical (unpaired) electrons. The summed E-state index contributed by atoms with van der Waals surface area (Å²) in [6.07, 6.45) is 0. The Morgan fingerprint density at radius 2 is 1.60 bits per heavy atom. The second-order valence-corrected chi connectivity index (χ2v) is 5.07. The molecule has 0 heterocycles. The molecule has 0 saturated heterocycles. The van der Waals surface area contributed by atoms with Crippen molar-refractivity contribution >= 4 is 39.9 Å². The molecule has 0 saturated carbocycles. The van der Waals surface area contributed by atoms with Gasteiger partial charge in [0.05, 0.1) is 0 Å². The van der Waals surface area contributed by atoms with Crippen LogP contribution in [-0.2, 0) is 0 Å². The van der Waals surface area contributed by atoms with Crippen LogP contribution in [0.1, 0.15) is 10.4 Å². The molecule has 20 heavy (non-hydrogen) atoms. The van der Waals surface area contributed by atoms with Crippen molar-refractivity contribution in [3.8, 4) is 0 Å². The maximum absolute atomic E-state index is 13.8. The lowest BCUT2D eigenvalue weighted by molar-refractivity contribution is 0.0777. The van der Waals surface area contributed by atoms with Gasteiger partial charge in [0.1, 0.15) is 5.82 Å². The number of carbonyl (C=O) groups is 1. The SMILES string of the molecule is O=C(c1ccc(F)c2ccccc12)N(CCCl)CCCl. The highest BCUT2D eigenvalue weighted by atomic mass is 35.5. The zero-order valence-electron chi connectivity index (χ0n) is 10.8. The molecule has 0 fully saturated rings. The summed E-state index contributed by atoms with van der Waals surface area (Å²) in [6, 6.07) is 9.76. The van der Waals surface area contributed by atoms with Crippen LogP contribution in [0.4, 0.5) is 4.39 Å². The lowest BCUT2D eigenvalue weighted by atomic mass is 10.0. The standard InChI is InChI=1S/C15H14Cl2FNO/c16-7-9-19(10-8-17)15(20)13-5-6-14(18)12-4-2-1-3-11(12)13/h1-6H,7-10H2. The van der Waals surface area contributed by atoms with Crippen LogP contribution in [0.3, 0.4) is 0 Å². The van der Waals surface area contributed by atoms with Crippen molar-refractivity contribution in [1.29, 1.82) is 0 Å². The van der Waals surface area contributed by atoms with E-state index in [0.29, 0.717) is 41.2 Å². The van der Waals surface area contributed by atoms with Crippen molar-refractivity contribution in [3.05, 3.63) is 47.8 Å². The molecule has 106 valence electrons. The second kappa shape index (κ2) is 6.91. The predicted octanol–water partition coefficient (Wildman–Crippen LogP) is 3.90.